The van der Waals surface area contributed by atoms with Gasteiger partial charge in [0, 0.05) is 23.6 Å². The molecule has 0 spiro atoms. The van der Waals surface area contributed by atoms with Crippen molar-refractivity contribution in [2.24, 2.45) is 0 Å². The highest BCUT2D eigenvalue weighted by Gasteiger charge is 2.45. The maximum absolute atomic E-state index is 14.0. The SMILES string of the molecule is CCN1C(=O)C(NC(=O)c2cccc(C)c2)C(c2ccc(F)cc2)c2c(C)nn(-c3ccccc3)c21. The van der Waals surface area contributed by atoms with Crippen molar-refractivity contribution >= 4 is 17.6 Å². The largest absolute Gasteiger partial charge is 0.339 e. The Morgan fingerprint density at radius 2 is 1.72 bits per heavy atom. The van der Waals surface area contributed by atoms with Crippen molar-refractivity contribution in [3.8, 4) is 5.69 Å². The van der Waals surface area contributed by atoms with E-state index >= 15 is 0 Å². The van der Waals surface area contributed by atoms with Crippen LogP contribution >= 0.6 is 0 Å². The summed E-state index contributed by atoms with van der Waals surface area (Å²) in [6.45, 7) is 6.11. The average molecular weight is 483 g/mol. The van der Waals surface area contributed by atoms with Crippen LogP contribution in [0, 0.1) is 19.7 Å². The van der Waals surface area contributed by atoms with Gasteiger partial charge in [0.05, 0.1) is 11.4 Å². The number of carbonyl (C=O) groups excluding carboxylic acids is 2. The third-order valence-corrected chi connectivity index (χ3v) is 6.63. The fraction of sp³-hybridized carbons (Fsp3) is 0.207. The Hall–Kier alpha value is -4.26. The minimum absolute atomic E-state index is 0.239. The van der Waals surface area contributed by atoms with Gasteiger partial charge < -0.3 is 5.32 Å². The zero-order valence-electron chi connectivity index (χ0n) is 20.4. The predicted octanol–water partition coefficient (Wildman–Crippen LogP) is 4.93. The molecule has 4 aromatic rings. The van der Waals surface area contributed by atoms with Crippen LogP contribution in [0.15, 0.2) is 78.9 Å². The van der Waals surface area contributed by atoms with Gasteiger partial charge >= 0.3 is 0 Å². The molecule has 6 nitrogen and oxygen atoms in total. The van der Waals surface area contributed by atoms with E-state index in [0.717, 1.165) is 28.1 Å². The van der Waals surface area contributed by atoms with E-state index in [9.17, 15) is 14.0 Å². The van der Waals surface area contributed by atoms with Gasteiger partial charge in [-0.25, -0.2) is 9.07 Å². The molecule has 36 heavy (non-hydrogen) atoms. The summed E-state index contributed by atoms with van der Waals surface area (Å²) in [5, 5.41) is 7.80. The summed E-state index contributed by atoms with van der Waals surface area (Å²) in [7, 11) is 0. The molecule has 3 aromatic carbocycles. The molecule has 2 atom stereocenters. The minimum atomic E-state index is -0.886. The first-order valence-corrected chi connectivity index (χ1v) is 12.0. The van der Waals surface area contributed by atoms with Crippen LogP contribution in [-0.2, 0) is 4.79 Å². The lowest BCUT2D eigenvalue weighted by Crippen LogP contribution is -2.55. The van der Waals surface area contributed by atoms with Crippen molar-refractivity contribution in [1.29, 1.82) is 0 Å². The number of carbonyl (C=O) groups is 2. The fourth-order valence-electron chi connectivity index (χ4n) is 4.97. The van der Waals surface area contributed by atoms with Crippen LogP contribution in [0.4, 0.5) is 10.2 Å². The van der Waals surface area contributed by atoms with Gasteiger partial charge in [-0.2, -0.15) is 5.10 Å². The normalized spacial score (nSPS) is 17.1. The topological polar surface area (TPSA) is 67.2 Å². The summed E-state index contributed by atoms with van der Waals surface area (Å²) in [5.74, 6) is -0.814. The number of nitrogens with zero attached hydrogens (tertiary/aromatic N) is 3. The Bertz CT molecular complexity index is 1430. The maximum atomic E-state index is 14.0. The number of aromatic nitrogens is 2. The lowest BCUT2D eigenvalue weighted by Gasteiger charge is -2.38. The lowest BCUT2D eigenvalue weighted by atomic mass is 9.81. The van der Waals surface area contributed by atoms with Crippen LogP contribution in [0.5, 0.6) is 0 Å². The molecule has 0 saturated heterocycles. The summed E-state index contributed by atoms with van der Waals surface area (Å²) < 4.78 is 15.6. The second kappa shape index (κ2) is 9.41. The Labute approximate surface area is 209 Å². The highest BCUT2D eigenvalue weighted by atomic mass is 19.1. The molecule has 0 fully saturated rings. The number of nitrogens with one attached hydrogen (secondary N) is 1. The second-order valence-electron chi connectivity index (χ2n) is 9.00. The molecule has 5 rings (SSSR count). The number of aryl methyl sites for hydroxylation is 2. The Kier molecular flexibility index (Phi) is 6.14. The molecule has 2 amide bonds. The van der Waals surface area contributed by atoms with Gasteiger partial charge in [0.15, 0.2) is 0 Å². The maximum Gasteiger partial charge on any atom is 0.251 e. The van der Waals surface area contributed by atoms with Crippen molar-refractivity contribution in [2.75, 3.05) is 11.4 Å². The smallest absolute Gasteiger partial charge is 0.251 e. The highest BCUT2D eigenvalue weighted by molar-refractivity contribution is 6.05. The molecule has 2 unspecified atom stereocenters. The molecule has 2 heterocycles. The van der Waals surface area contributed by atoms with Gasteiger partial charge in [-0.3, -0.25) is 14.5 Å². The van der Waals surface area contributed by atoms with Gasteiger partial charge in [0.25, 0.3) is 11.8 Å². The third kappa shape index (κ3) is 4.06. The Morgan fingerprint density at radius 3 is 2.39 bits per heavy atom. The first kappa shape index (κ1) is 23.5. The number of amides is 2. The number of para-hydroxylation sites is 1. The van der Waals surface area contributed by atoms with Gasteiger partial charge in [-0.15, -0.1) is 0 Å². The molecule has 0 saturated carbocycles. The average Bonchev–Trinajstić information content (AvgIpc) is 3.22. The number of hydrogen-bond acceptors (Lipinski definition) is 3. The molecule has 0 bridgehead atoms. The summed E-state index contributed by atoms with van der Waals surface area (Å²) in [6, 6.07) is 22.1. The van der Waals surface area contributed by atoms with Gasteiger partial charge in [-0.1, -0.05) is 48.0 Å². The molecular formula is C29H27FN4O2. The number of fused-ring (bicyclic) bond motifs is 1. The van der Waals surface area contributed by atoms with E-state index in [-0.39, 0.29) is 17.6 Å². The monoisotopic (exact) mass is 482 g/mol. The van der Waals surface area contributed by atoms with Crippen LogP contribution < -0.4 is 10.2 Å². The molecule has 0 radical (unpaired) electrons. The van der Waals surface area contributed by atoms with Crippen LogP contribution in [-0.4, -0.2) is 34.2 Å². The lowest BCUT2D eigenvalue weighted by molar-refractivity contribution is -0.121. The van der Waals surface area contributed by atoms with Crippen LogP contribution in [0.2, 0.25) is 0 Å². The fourth-order valence-corrected chi connectivity index (χ4v) is 4.97. The zero-order chi connectivity index (χ0) is 25.4. The zero-order valence-corrected chi connectivity index (χ0v) is 20.4. The molecular weight excluding hydrogens is 455 g/mol. The molecule has 1 aliphatic heterocycles. The minimum Gasteiger partial charge on any atom is -0.339 e. The van der Waals surface area contributed by atoms with Gasteiger partial charge in [0.1, 0.15) is 17.7 Å². The van der Waals surface area contributed by atoms with E-state index in [0.29, 0.717) is 17.9 Å². The van der Waals surface area contributed by atoms with E-state index in [4.69, 9.17) is 5.10 Å². The van der Waals surface area contributed by atoms with Crippen molar-refractivity contribution in [2.45, 2.75) is 32.7 Å². The number of benzene rings is 3. The van der Waals surface area contributed by atoms with Crippen LogP contribution in [0.3, 0.4) is 0 Å². The van der Waals surface area contributed by atoms with E-state index in [1.807, 2.05) is 63.2 Å². The summed E-state index contributed by atoms with van der Waals surface area (Å²) in [4.78, 5) is 29.0. The van der Waals surface area contributed by atoms with Gasteiger partial charge in [-0.05, 0) is 62.7 Å². The first-order chi connectivity index (χ1) is 17.4. The standard InChI is InChI=1S/C29H27FN4O2/c1-4-33-28-24(19(3)32-34(28)23-11-6-5-7-12-23)25(20-13-15-22(30)16-14-20)26(29(33)36)31-27(35)21-10-8-9-18(2)17-21/h5-17,25-26H,4H2,1-3H3,(H,31,35). The summed E-state index contributed by atoms with van der Waals surface area (Å²) in [6.07, 6.45) is 0. The number of halogens is 1. The first-order valence-electron chi connectivity index (χ1n) is 12.0. The molecule has 1 aliphatic rings. The van der Waals surface area contributed by atoms with Crippen molar-refractivity contribution in [3.05, 3.63) is 113 Å². The summed E-state index contributed by atoms with van der Waals surface area (Å²) in [5.41, 5.74) is 4.56. The van der Waals surface area contributed by atoms with Crippen molar-refractivity contribution in [1.82, 2.24) is 15.1 Å². The number of rotatable bonds is 5. The van der Waals surface area contributed by atoms with E-state index in [1.54, 1.807) is 33.8 Å². The van der Waals surface area contributed by atoms with Crippen LogP contribution in [0.25, 0.3) is 5.69 Å². The highest BCUT2D eigenvalue weighted by Crippen LogP contribution is 2.43. The van der Waals surface area contributed by atoms with E-state index in [1.165, 1.54) is 12.1 Å². The predicted molar refractivity (Wildman–Crippen MR) is 137 cm³/mol. The molecule has 0 aliphatic carbocycles. The van der Waals surface area contributed by atoms with Crippen molar-refractivity contribution < 1.29 is 14.0 Å². The van der Waals surface area contributed by atoms with E-state index < -0.39 is 12.0 Å². The second-order valence-corrected chi connectivity index (χ2v) is 9.00. The van der Waals surface area contributed by atoms with Gasteiger partial charge in [0.2, 0.25) is 0 Å². The number of anilines is 1. The quantitative estimate of drug-likeness (QED) is 0.439. The van der Waals surface area contributed by atoms with Crippen LogP contribution in [0.1, 0.15) is 45.6 Å². The third-order valence-electron chi connectivity index (χ3n) is 6.63. The molecule has 182 valence electrons. The molecule has 7 heteroatoms. The summed E-state index contributed by atoms with van der Waals surface area (Å²) >= 11 is 0. The Balaban J connectivity index is 1.68. The number of hydrogen-bond donors (Lipinski definition) is 1. The van der Waals surface area contributed by atoms with Crippen molar-refractivity contribution in [3.63, 3.8) is 0 Å². The Morgan fingerprint density at radius 1 is 1.00 bits per heavy atom. The molecule has 1 N–H and O–H groups in total. The molecule has 1 aromatic heterocycles. The van der Waals surface area contributed by atoms with E-state index in [2.05, 4.69) is 5.32 Å². The number of likely N-dealkylation sites (N-methyl/N-ethyl adjacent to an activating group) is 1.